The quantitative estimate of drug-likeness (QED) is 0.127. The molecule has 0 atom stereocenters. The van der Waals surface area contributed by atoms with E-state index in [0.29, 0.717) is 0 Å². The van der Waals surface area contributed by atoms with Crippen molar-refractivity contribution in [2.24, 2.45) is 0 Å². The van der Waals surface area contributed by atoms with E-state index in [1.807, 2.05) is 0 Å². The molecule has 0 aromatic heterocycles. The second-order valence-electron chi connectivity index (χ2n) is 0.637. The zero-order chi connectivity index (χ0) is 4.83. The molecule has 6 heavy (non-hydrogen) atoms. The predicted octanol–water partition coefficient (Wildman–Crippen LogP) is -3.27. The lowest BCUT2D eigenvalue weighted by Gasteiger charge is -1.86. The van der Waals surface area contributed by atoms with Gasteiger partial charge in [0, 0.05) is 0 Å². The van der Waals surface area contributed by atoms with Crippen LogP contribution in [0, 0.1) is 0 Å². The van der Waals surface area contributed by atoms with Gasteiger partial charge in [-0.1, -0.05) is 0 Å². The molecule has 4 N–H and O–H groups in total. The Morgan fingerprint density at radius 2 is 2.50 bits per heavy atom. The van der Waals surface area contributed by atoms with Crippen LogP contribution in [0.3, 0.4) is 0 Å². The van der Waals surface area contributed by atoms with Gasteiger partial charge in [0.15, 0.2) is 6.72 Å². The molecule has 0 aromatic rings. The van der Waals surface area contributed by atoms with Crippen molar-refractivity contribution >= 4 is 6.72 Å². The first kappa shape index (κ1) is 5.39. The molecule has 0 bridgehead atoms. The van der Waals surface area contributed by atoms with Gasteiger partial charge >= 0.3 is 0 Å². The van der Waals surface area contributed by atoms with E-state index in [2.05, 4.69) is 22.8 Å². The van der Waals surface area contributed by atoms with Gasteiger partial charge in [-0.15, -0.1) is 10.6 Å². The monoisotopic (exact) mass is 90.1 g/mol. The molecule has 0 aromatic carbocycles. The third-order valence-electron chi connectivity index (χ3n) is 0.256. The van der Waals surface area contributed by atoms with Gasteiger partial charge in [0.05, 0.1) is 0 Å². The SMILES string of the molecule is C=[NH+]NNCO. The Labute approximate surface area is 35.8 Å². The second kappa shape index (κ2) is 4.39. The first-order valence-corrected chi connectivity index (χ1v) is 1.52. The maximum Gasteiger partial charge on any atom is 0.156 e. The van der Waals surface area contributed by atoms with E-state index in [0.717, 1.165) is 0 Å². The zero-order valence-electron chi connectivity index (χ0n) is 3.36. The van der Waals surface area contributed by atoms with Crippen LogP contribution >= 0.6 is 0 Å². The van der Waals surface area contributed by atoms with Crippen LogP contribution in [0.5, 0.6) is 0 Å². The Bertz CT molecular complexity index is 37.8. The molecule has 0 aliphatic rings. The molecule has 0 amide bonds. The third kappa shape index (κ3) is 3.39. The maximum atomic E-state index is 7.96. The minimum absolute atomic E-state index is 0.109. The van der Waals surface area contributed by atoms with Crippen molar-refractivity contribution < 1.29 is 10.2 Å². The van der Waals surface area contributed by atoms with E-state index >= 15 is 0 Å². The Morgan fingerprint density at radius 1 is 1.83 bits per heavy atom. The average molecular weight is 90.1 g/mol. The number of aliphatic hydroxyl groups excluding tert-OH is 1. The van der Waals surface area contributed by atoms with Crippen molar-refractivity contribution in [3.63, 3.8) is 0 Å². The van der Waals surface area contributed by atoms with Crippen LogP contribution < -0.4 is 16.1 Å². The van der Waals surface area contributed by atoms with Crippen molar-refractivity contribution in [3.8, 4) is 0 Å². The number of hydrogen-bond donors (Lipinski definition) is 4. The molecule has 4 heteroatoms. The summed E-state index contributed by atoms with van der Waals surface area (Å²) >= 11 is 0. The molecular formula is C2H8N3O+. The van der Waals surface area contributed by atoms with Crippen LogP contribution in [0.1, 0.15) is 0 Å². The summed E-state index contributed by atoms with van der Waals surface area (Å²) in [7, 11) is 0. The molecule has 0 fully saturated rings. The molecule has 0 unspecified atom stereocenters. The molecule has 0 rings (SSSR count). The number of aliphatic hydroxyl groups is 1. The van der Waals surface area contributed by atoms with Gasteiger partial charge in [0.2, 0.25) is 0 Å². The maximum absolute atomic E-state index is 7.96. The van der Waals surface area contributed by atoms with Crippen molar-refractivity contribution in [1.82, 2.24) is 11.0 Å². The molecule has 0 aliphatic carbocycles. The summed E-state index contributed by atoms with van der Waals surface area (Å²) in [4.78, 5) is 0. The van der Waals surface area contributed by atoms with Gasteiger partial charge in [0.1, 0.15) is 6.73 Å². The molecule has 0 radical (unpaired) electrons. The van der Waals surface area contributed by atoms with Crippen molar-refractivity contribution in [2.75, 3.05) is 6.73 Å². The van der Waals surface area contributed by atoms with Gasteiger partial charge in [-0.3, -0.25) is 0 Å². The van der Waals surface area contributed by atoms with E-state index in [4.69, 9.17) is 5.11 Å². The Balaban J connectivity index is 2.49. The van der Waals surface area contributed by atoms with E-state index in [1.165, 1.54) is 0 Å². The van der Waals surface area contributed by atoms with Gasteiger partial charge in [0.25, 0.3) is 0 Å². The third-order valence-corrected chi connectivity index (χ3v) is 0.256. The standard InChI is InChI=1S/C2H7N3O/c1-3-5-4-2-6/h4-6H,1-2H2/p+1. The van der Waals surface area contributed by atoms with E-state index in [1.54, 1.807) is 0 Å². The average Bonchev–Trinajstić information content (AvgIpc) is 1.61. The lowest BCUT2D eigenvalue weighted by atomic mass is 11.3. The lowest BCUT2D eigenvalue weighted by molar-refractivity contribution is -0.530. The molecule has 0 heterocycles. The van der Waals surface area contributed by atoms with Gasteiger partial charge in [-0.25, -0.2) is 0 Å². The first-order valence-electron chi connectivity index (χ1n) is 1.52. The minimum atomic E-state index is -0.109. The fraction of sp³-hybridized carbons (Fsp3) is 0.500. The molecule has 0 aliphatic heterocycles. The van der Waals surface area contributed by atoms with Crippen molar-refractivity contribution in [2.45, 2.75) is 0 Å². The van der Waals surface area contributed by atoms with Crippen LogP contribution in [-0.2, 0) is 0 Å². The lowest BCUT2D eigenvalue weighted by Crippen LogP contribution is -2.81. The topological polar surface area (TPSA) is 58.3 Å². The van der Waals surface area contributed by atoms with Crippen LogP contribution in [-0.4, -0.2) is 18.6 Å². The fourth-order valence-corrected chi connectivity index (χ4v) is 0.102. The largest absolute Gasteiger partial charge is 0.380 e. The molecule has 0 spiro atoms. The number of rotatable bonds is 3. The summed E-state index contributed by atoms with van der Waals surface area (Å²) < 4.78 is 0. The summed E-state index contributed by atoms with van der Waals surface area (Å²) in [6.07, 6.45) is 0. The minimum Gasteiger partial charge on any atom is -0.380 e. The van der Waals surface area contributed by atoms with Crippen molar-refractivity contribution in [1.29, 1.82) is 0 Å². The van der Waals surface area contributed by atoms with Gasteiger partial charge in [-0.05, 0) is 0 Å². The van der Waals surface area contributed by atoms with Crippen LogP contribution in [0.15, 0.2) is 0 Å². The number of hydrazone groups is 1. The van der Waals surface area contributed by atoms with E-state index < -0.39 is 0 Å². The van der Waals surface area contributed by atoms with Gasteiger partial charge < -0.3 is 5.11 Å². The van der Waals surface area contributed by atoms with Crippen LogP contribution in [0.2, 0.25) is 0 Å². The highest BCUT2D eigenvalue weighted by atomic mass is 16.3. The highest BCUT2D eigenvalue weighted by Crippen LogP contribution is 1.23. The number of hydrogen-bond acceptors (Lipinski definition) is 3. The van der Waals surface area contributed by atoms with Crippen LogP contribution in [0.4, 0.5) is 0 Å². The fourth-order valence-electron chi connectivity index (χ4n) is 0.102. The molecule has 36 valence electrons. The van der Waals surface area contributed by atoms with E-state index in [-0.39, 0.29) is 6.73 Å². The smallest absolute Gasteiger partial charge is 0.156 e. The predicted molar refractivity (Wildman–Crippen MR) is 21.4 cm³/mol. The summed E-state index contributed by atoms with van der Waals surface area (Å²) in [5.74, 6) is 0. The molecule has 4 nitrogen and oxygen atoms in total. The number of nitrogens with one attached hydrogen (secondary N) is 3. The first-order chi connectivity index (χ1) is 2.91. The Kier molecular flexibility index (Phi) is 3.94. The highest BCUT2D eigenvalue weighted by molar-refractivity contribution is 5.11. The van der Waals surface area contributed by atoms with Gasteiger partial charge in [-0.2, -0.15) is 5.43 Å². The zero-order valence-corrected chi connectivity index (χ0v) is 3.36. The molecule has 0 saturated carbocycles. The summed E-state index contributed by atoms with van der Waals surface area (Å²) in [5, 5.41) is 10.3. The summed E-state index contributed by atoms with van der Waals surface area (Å²) in [6, 6.07) is 0. The normalized spacial score (nSPS) is 7.50. The molecule has 0 saturated heterocycles. The summed E-state index contributed by atoms with van der Waals surface area (Å²) in [5.41, 5.74) is 4.67. The van der Waals surface area contributed by atoms with Crippen molar-refractivity contribution in [3.05, 3.63) is 0 Å². The van der Waals surface area contributed by atoms with Crippen LogP contribution in [0.25, 0.3) is 0 Å². The van der Waals surface area contributed by atoms with E-state index in [9.17, 15) is 0 Å². The summed E-state index contributed by atoms with van der Waals surface area (Å²) in [6.45, 7) is 3.08. The highest BCUT2D eigenvalue weighted by Gasteiger charge is 1.67. The Hall–Kier alpha value is -0.610. The second-order valence-corrected chi connectivity index (χ2v) is 0.637. The Morgan fingerprint density at radius 3 is 2.67 bits per heavy atom. The number of hydrazine groups is 2. The molecular weight excluding hydrogens is 82.0 g/mol.